The first-order chi connectivity index (χ1) is 16.0. The predicted octanol–water partition coefficient (Wildman–Crippen LogP) is 4.22. The molecule has 0 radical (unpaired) electrons. The highest BCUT2D eigenvalue weighted by molar-refractivity contribution is 6.22. The number of carbonyl (C=O) groups is 3. The summed E-state index contributed by atoms with van der Waals surface area (Å²) in [7, 11) is 1.54. The number of aryl methyl sites for hydroxylation is 1. The third-order valence-electron chi connectivity index (χ3n) is 5.58. The molecule has 1 N–H and O–H groups in total. The van der Waals surface area contributed by atoms with Crippen LogP contribution in [0.15, 0.2) is 71.3 Å². The summed E-state index contributed by atoms with van der Waals surface area (Å²) >= 11 is 0. The van der Waals surface area contributed by atoms with Crippen LogP contribution in [0.2, 0.25) is 0 Å². The molecule has 4 rings (SSSR count). The van der Waals surface area contributed by atoms with Gasteiger partial charge in [-0.25, -0.2) is 9.69 Å². The molecule has 0 saturated carbocycles. The topological polar surface area (TPSA) is 92.1 Å². The normalized spacial score (nSPS) is 15.8. The first-order valence-electron chi connectivity index (χ1n) is 10.7. The first kappa shape index (κ1) is 22.1. The quantitative estimate of drug-likeness (QED) is 0.522. The van der Waals surface area contributed by atoms with Crippen LogP contribution in [-0.4, -0.2) is 35.9 Å². The van der Waals surface area contributed by atoms with Crippen molar-refractivity contribution in [2.75, 3.05) is 17.3 Å². The van der Waals surface area contributed by atoms with Gasteiger partial charge in [-0.05, 0) is 60.5 Å². The summed E-state index contributed by atoms with van der Waals surface area (Å²) in [5, 5.41) is 2.82. The maximum Gasteiger partial charge on any atom is 0.332 e. The van der Waals surface area contributed by atoms with Crippen LogP contribution in [0.25, 0.3) is 0 Å². The van der Waals surface area contributed by atoms with Crippen LogP contribution in [0.4, 0.5) is 16.2 Å². The third kappa shape index (κ3) is 4.74. The third-order valence-corrected chi connectivity index (χ3v) is 5.58. The van der Waals surface area contributed by atoms with Gasteiger partial charge in [-0.1, -0.05) is 19.1 Å². The lowest BCUT2D eigenvalue weighted by Crippen LogP contribution is -2.37. The van der Waals surface area contributed by atoms with E-state index in [-0.39, 0.29) is 18.9 Å². The molecule has 4 amide bonds. The Balaban J connectivity index is 1.56. The molecule has 170 valence electrons. The molecule has 1 aromatic heterocycles. The van der Waals surface area contributed by atoms with Gasteiger partial charge in [-0.15, -0.1) is 0 Å². The minimum atomic E-state index is -0.959. The zero-order valence-corrected chi connectivity index (χ0v) is 18.5. The molecule has 1 aliphatic rings. The fourth-order valence-electron chi connectivity index (χ4n) is 3.76. The molecule has 0 spiro atoms. The second-order valence-electron chi connectivity index (χ2n) is 7.68. The molecule has 1 fully saturated rings. The molecule has 8 heteroatoms. The Kier molecular flexibility index (Phi) is 6.44. The van der Waals surface area contributed by atoms with Crippen LogP contribution in [0.3, 0.4) is 0 Å². The molecular formula is C25H25N3O5. The van der Waals surface area contributed by atoms with Crippen LogP contribution >= 0.6 is 0 Å². The van der Waals surface area contributed by atoms with E-state index >= 15 is 0 Å². The van der Waals surface area contributed by atoms with Gasteiger partial charge in [-0.2, -0.15) is 0 Å². The zero-order chi connectivity index (χ0) is 23.4. The van der Waals surface area contributed by atoms with Crippen molar-refractivity contribution in [2.45, 2.75) is 32.4 Å². The van der Waals surface area contributed by atoms with Crippen molar-refractivity contribution >= 4 is 29.2 Å². The van der Waals surface area contributed by atoms with Gasteiger partial charge in [0.15, 0.2) is 0 Å². The van der Waals surface area contributed by atoms with Gasteiger partial charge in [0.25, 0.3) is 5.91 Å². The first-order valence-corrected chi connectivity index (χ1v) is 10.7. The number of hydrogen-bond donors (Lipinski definition) is 1. The van der Waals surface area contributed by atoms with Crippen molar-refractivity contribution in [1.29, 1.82) is 0 Å². The molecule has 8 nitrogen and oxygen atoms in total. The van der Waals surface area contributed by atoms with Gasteiger partial charge in [-0.3, -0.25) is 9.59 Å². The lowest BCUT2D eigenvalue weighted by molar-refractivity contribution is -0.124. The maximum atomic E-state index is 13.3. The number of nitrogens with one attached hydrogen (secondary N) is 1. The molecule has 0 bridgehead atoms. The fourth-order valence-corrected chi connectivity index (χ4v) is 3.76. The lowest BCUT2D eigenvalue weighted by atomic mass is 10.1. The van der Waals surface area contributed by atoms with Crippen molar-refractivity contribution in [3.05, 3.63) is 78.3 Å². The number of carbonyl (C=O) groups excluding carboxylic acids is 3. The van der Waals surface area contributed by atoms with Crippen molar-refractivity contribution in [3.8, 4) is 5.75 Å². The Hall–Kier alpha value is -4.07. The molecular weight excluding hydrogens is 422 g/mol. The number of rotatable bonds is 8. The number of ether oxygens (including phenoxy) is 1. The van der Waals surface area contributed by atoms with E-state index < -0.39 is 18.0 Å². The lowest BCUT2D eigenvalue weighted by Gasteiger charge is -2.20. The molecule has 1 aliphatic heterocycles. The predicted molar refractivity (Wildman–Crippen MR) is 123 cm³/mol. The number of furan rings is 1. The van der Waals surface area contributed by atoms with Crippen molar-refractivity contribution in [1.82, 2.24) is 4.90 Å². The Bertz CT molecular complexity index is 1120. The van der Waals surface area contributed by atoms with Crippen LogP contribution < -0.4 is 15.0 Å². The molecule has 0 unspecified atom stereocenters. The number of anilines is 2. The molecule has 33 heavy (non-hydrogen) atoms. The summed E-state index contributed by atoms with van der Waals surface area (Å²) in [5.41, 5.74) is 2.20. The molecule has 2 heterocycles. The number of methoxy groups -OCH3 is 1. The average Bonchev–Trinajstić information content (AvgIpc) is 3.42. The second kappa shape index (κ2) is 9.60. The minimum absolute atomic E-state index is 0.0768. The van der Waals surface area contributed by atoms with Crippen LogP contribution in [0.5, 0.6) is 5.75 Å². The molecule has 3 aromatic rings. The summed E-state index contributed by atoms with van der Waals surface area (Å²) in [5.74, 6) is 0.309. The number of amides is 4. The van der Waals surface area contributed by atoms with Gasteiger partial charge >= 0.3 is 6.03 Å². The van der Waals surface area contributed by atoms with E-state index in [1.807, 2.05) is 24.3 Å². The Morgan fingerprint density at radius 2 is 1.79 bits per heavy atom. The van der Waals surface area contributed by atoms with E-state index in [0.29, 0.717) is 22.9 Å². The monoisotopic (exact) mass is 447 g/mol. The van der Waals surface area contributed by atoms with Crippen LogP contribution in [0.1, 0.15) is 24.7 Å². The SMILES string of the molecule is CCc1ccc(NC(=O)C[C@@H]2C(=O)N(c3ccc(OC)cc3)C(=O)N2Cc2ccco2)cc1. The summed E-state index contributed by atoms with van der Waals surface area (Å²) in [6.07, 6.45) is 2.23. The molecule has 1 atom stereocenters. The summed E-state index contributed by atoms with van der Waals surface area (Å²) in [6.45, 7) is 2.13. The Labute approximate surface area is 191 Å². The van der Waals surface area contributed by atoms with Gasteiger partial charge in [0.2, 0.25) is 5.91 Å². The number of imide groups is 1. The van der Waals surface area contributed by atoms with E-state index in [0.717, 1.165) is 16.9 Å². The van der Waals surface area contributed by atoms with Gasteiger partial charge < -0.3 is 19.4 Å². The standard InChI is InChI=1S/C25H25N3O5/c1-3-17-6-8-18(9-7-17)26-23(29)15-22-24(30)28(19-10-12-20(32-2)13-11-19)25(31)27(22)16-21-5-4-14-33-21/h4-14,22H,3,15-16H2,1-2H3,(H,26,29)/t22-/m1/s1. The van der Waals surface area contributed by atoms with Crippen LogP contribution in [0, 0.1) is 0 Å². The largest absolute Gasteiger partial charge is 0.497 e. The smallest absolute Gasteiger partial charge is 0.332 e. The van der Waals surface area contributed by atoms with E-state index in [1.54, 1.807) is 36.4 Å². The van der Waals surface area contributed by atoms with Crippen LogP contribution in [-0.2, 0) is 22.6 Å². The van der Waals surface area contributed by atoms with E-state index in [2.05, 4.69) is 12.2 Å². The molecule has 2 aromatic carbocycles. The highest BCUT2D eigenvalue weighted by Gasteiger charge is 2.47. The Morgan fingerprint density at radius 1 is 1.06 bits per heavy atom. The fraction of sp³-hybridized carbons (Fsp3) is 0.240. The Morgan fingerprint density at radius 3 is 2.39 bits per heavy atom. The number of hydrogen-bond acceptors (Lipinski definition) is 5. The van der Waals surface area contributed by atoms with Gasteiger partial charge in [0.1, 0.15) is 17.6 Å². The van der Waals surface area contributed by atoms with Crippen molar-refractivity contribution < 1.29 is 23.5 Å². The summed E-state index contributed by atoms with van der Waals surface area (Å²) < 4.78 is 10.5. The highest BCUT2D eigenvalue weighted by Crippen LogP contribution is 2.30. The van der Waals surface area contributed by atoms with Gasteiger partial charge in [0, 0.05) is 5.69 Å². The molecule has 0 aliphatic carbocycles. The zero-order valence-electron chi connectivity index (χ0n) is 18.5. The maximum absolute atomic E-state index is 13.3. The van der Waals surface area contributed by atoms with Gasteiger partial charge in [0.05, 0.1) is 32.0 Å². The van der Waals surface area contributed by atoms with Crippen molar-refractivity contribution in [2.24, 2.45) is 0 Å². The summed E-state index contributed by atoms with van der Waals surface area (Å²) in [4.78, 5) is 41.8. The van der Waals surface area contributed by atoms with E-state index in [1.165, 1.54) is 18.3 Å². The minimum Gasteiger partial charge on any atom is -0.497 e. The number of nitrogens with zero attached hydrogens (tertiary/aromatic N) is 2. The number of urea groups is 1. The van der Waals surface area contributed by atoms with Crippen molar-refractivity contribution in [3.63, 3.8) is 0 Å². The van der Waals surface area contributed by atoms with E-state index in [4.69, 9.17) is 9.15 Å². The molecule has 1 saturated heterocycles. The average molecular weight is 447 g/mol. The highest BCUT2D eigenvalue weighted by atomic mass is 16.5. The number of benzene rings is 2. The van der Waals surface area contributed by atoms with E-state index in [9.17, 15) is 14.4 Å². The second-order valence-corrected chi connectivity index (χ2v) is 7.68. The summed E-state index contributed by atoms with van der Waals surface area (Å²) in [6, 6.07) is 16.1.